The lowest BCUT2D eigenvalue weighted by Crippen LogP contribution is -2.23. The van der Waals surface area contributed by atoms with Crippen LogP contribution in [0.15, 0.2) is 107 Å². The molecule has 0 atom stereocenters. The molecule has 0 spiro atoms. The van der Waals surface area contributed by atoms with Crippen LogP contribution in [0.5, 0.6) is 0 Å². The van der Waals surface area contributed by atoms with Gasteiger partial charge in [0.2, 0.25) is 0 Å². The number of anilines is 1. The van der Waals surface area contributed by atoms with Gasteiger partial charge in [0, 0.05) is 30.1 Å². The fourth-order valence-corrected chi connectivity index (χ4v) is 4.66. The standard InChI is InChI=1S/C27H25N3O4S/c1-20-6-4-8-24(16-20)29-35(33,34)25-9-5-7-23(17-25)27(32)28-18-21-11-13-22(14-12-21)19-30-15-3-2-10-26(30)31/h2-17,29H,18-19H2,1H3,(H,28,32). The third-order valence-corrected chi connectivity index (χ3v) is 6.78. The highest BCUT2D eigenvalue weighted by Gasteiger charge is 2.16. The van der Waals surface area contributed by atoms with E-state index in [0.29, 0.717) is 12.2 Å². The largest absolute Gasteiger partial charge is 0.348 e. The molecule has 0 bridgehead atoms. The summed E-state index contributed by atoms with van der Waals surface area (Å²) in [7, 11) is -3.84. The number of amides is 1. The van der Waals surface area contributed by atoms with Gasteiger partial charge in [0.1, 0.15) is 0 Å². The summed E-state index contributed by atoms with van der Waals surface area (Å²) < 4.78 is 29.7. The molecule has 7 nitrogen and oxygen atoms in total. The highest BCUT2D eigenvalue weighted by molar-refractivity contribution is 7.92. The Morgan fingerprint density at radius 1 is 0.857 bits per heavy atom. The number of carbonyl (C=O) groups is 1. The van der Waals surface area contributed by atoms with Crippen molar-refractivity contribution >= 4 is 21.6 Å². The highest BCUT2D eigenvalue weighted by Crippen LogP contribution is 2.18. The molecule has 0 aliphatic carbocycles. The minimum atomic E-state index is -3.84. The molecule has 35 heavy (non-hydrogen) atoms. The summed E-state index contributed by atoms with van der Waals surface area (Å²) in [6, 6.07) is 25.6. The van der Waals surface area contributed by atoms with Crippen molar-refractivity contribution in [2.75, 3.05) is 4.72 Å². The van der Waals surface area contributed by atoms with Crippen molar-refractivity contribution in [2.24, 2.45) is 0 Å². The molecule has 0 unspecified atom stereocenters. The molecule has 1 aromatic heterocycles. The molecule has 0 radical (unpaired) electrons. The molecule has 178 valence electrons. The van der Waals surface area contributed by atoms with Crippen molar-refractivity contribution in [3.63, 3.8) is 0 Å². The molecule has 2 N–H and O–H groups in total. The van der Waals surface area contributed by atoms with Gasteiger partial charge >= 0.3 is 0 Å². The average molecular weight is 488 g/mol. The number of hydrogen-bond donors (Lipinski definition) is 2. The minimum absolute atomic E-state index is 0.00663. The van der Waals surface area contributed by atoms with Crippen molar-refractivity contribution in [3.8, 4) is 0 Å². The number of benzene rings is 3. The van der Waals surface area contributed by atoms with Crippen LogP contribution < -0.4 is 15.6 Å². The second-order valence-electron chi connectivity index (χ2n) is 8.17. The molecule has 8 heteroatoms. The Bertz CT molecular complexity index is 1510. The number of pyridine rings is 1. The third kappa shape index (κ3) is 6.24. The number of nitrogens with one attached hydrogen (secondary N) is 2. The fourth-order valence-electron chi connectivity index (χ4n) is 3.56. The lowest BCUT2D eigenvalue weighted by atomic mass is 10.1. The Balaban J connectivity index is 1.39. The Hall–Kier alpha value is -4.17. The molecule has 1 amide bonds. The van der Waals surface area contributed by atoms with E-state index in [2.05, 4.69) is 10.0 Å². The summed E-state index contributed by atoms with van der Waals surface area (Å²) in [6.45, 7) is 2.62. The molecule has 1 heterocycles. The van der Waals surface area contributed by atoms with Crippen LogP contribution in [0.4, 0.5) is 5.69 Å². The Kier molecular flexibility index (Phi) is 7.12. The van der Waals surface area contributed by atoms with Gasteiger partial charge in [-0.05, 0) is 60.0 Å². The van der Waals surface area contributed by atoms with E-state index in [1.807, 2.05) is 43.3 Å². The van der Waals surface area contributed by atoms with Crippen LogP contribution in [-0.2, 0) is 23.1 Å². The lowest BCUT2D eigenvalue weighted by Gasteiger charge is -2.11. The van der Waals surface area contributed by atoms with Gasteiger partial charge in [-0.2, -0.15) is 0 Å². The maximum absolute atomic E-state index is 12.8. The van der Waals surface area contributed by atoms with Crippen molar-refractivity contribution in [1.29, 1.82) is 0 Å². The molecular formula is C27H25N3O4S. The summed E-state index contributed by atoms with van der Waals surface area (Å²) in [5.74, 6) is -0.377. The van der Waals surface area contributed by atoms with E-state index in [0.717, 1.165) is 16.7 Å². The van der Waals surface area contributed by atoms with E-state index < -0.39 is 10.0 Å². The third-order valence-electron chi connectivity index (χ3n) is 5.40. The first-order valence-corrected chi connectivity index (χ1v) is 12.5. The number of hydrogen-bond acceptors (Lipinski definition) is 4. The van der Waals surface area contributed by atoms with Crippen molar-refractivity contribution in [2.45, 2.75) is 24.9 Å². The zero-order chi connectivity index (χ0) is 24.8. The van der Waals surface area contributed by atoms with Gasteiger partial charge in [-0.15, -0.1) is 0 Å². The maximum Gasteiger partial charge on any atom is 0.261 e. The van der Waals surface area contributed by atoms with Crippen molar-refractivity contribution < 1.29 is 13.2 Å². The molecule has 4 rings (SSSR count). The average Bonchev–Trinajstić information content (AvgIpc) is 2.85. The van der Waals surface area contributed by atoms with Crippen LogP contribution >= 0.6 is 0 Å². The quantitative estimate of drug-likeness (QED) is 0.393. The zero-order valence-electron chi connectivity index (χ0n) is 19.1. The number of sulfonamides is 1. The number of aromatic nitrogens is 1. The van der Waals surface area contributed by atoms with Gasteiger partial charge in [-0.25, -0.2) is 8.42 Å². The molecule has 0 saturated carbocycles. The second-order valence-corrected chi connectivity index (χ2v) is 9.85. The van der Waals surface area contributed by atoms with Gasteiger partial charge in [-0.3, -0.25) is 14.3 Å². The predicted octanol–water partition coefficient (Wildman–Crippen LogP) is 3.94. The molecule has 0 aliphatic rings. The SMILES string of the molecule is Cc1cccc(NS(=O)(=O)c2cccc(C(=O)NCc3ccc(Cn4ccccc4=O)cc3)c2)c1. The fraction of sp³-hybridized carbons (Fsp3) is 0.111. The Labute approximate surface area is 204 Å². The molecule has 0 aliphatic heterocycles. The molecule has 0 fully saturated rings. The van der Waals surface area contributed by atoms with Crippen LogP contribution in [0.25, 0.3) is 0 Å². The second kappa shape index (κ2) is 10.4. The molecule has 0 saturated heterocycles. The Morgan fingerprint density at radius 2 is 1.60 bits per heavy atom. The smallest absolute Gasteiger partial charge is 0.261 e. The van der Waals surface area contributed by atoms with E-state index in [1.165, 1.54) is 18.2 Å². The molecule has 3 aromatic carbocycles. The van der Waals surface area contributed by atoms with E-state index >= 15 is 0 Å². The van der Waals surface area contributed by atoms with Gasteiger partial charge in [0.05, 0.1) is 11.4 Å². The summed E-state index contributed by atoms with van der Waals surface area (Å²) >= 11 is 0. The monoisotopic (exact) mass is 487 g/mol. The molecule has 4 aromatic rings. The first-order valence-electron chi connectivity index (χ1n) is 11.0. The highest BCUT2D eigenvalue weighted by atomic mass is 32.2. The van der Waals surface area contributed by atoms with Gasteiger partial charge in [-0.1, -0.05) is 48.5 Å². The van der Waals surface area contributed by atoms with Crippen LogP contribution in [0.1, 0.15) is 27.0 Å². The van der Waals surface area contributed by atoms with Crippen molar-refractivity contribution in [3.05, 3.63) is 130 Å². The normalized spacial score (nSPS) is 11.1. The minimum Gasteiger partial charge on any atom is -0.348 e. The van der Waals surface area contributed by atoms with E-state index in [1.54, 1.807) is 47.2 Å². The summed E-state index contributed by atoms with van der Waals surface area (Å²) in [4.78, 5) is 24.6. The van der Waals surface area contributed by atoms with E-state index in [4.69, 9.17) is 0 Å². The predicted molar refractivity (Wildman–Crippen MR) is 136 cm³/mol. The zero-order valence-corrected chi connectivity index (χ0v) is 20.0. The number of rotatable bonds is 8. The number of carbonyl (C=O) groups excluding carboxylic acids is 1. The van der Waals surface area contributed by atoms with E-state index in [9.17, 15) is 18.0 Å². The van der Waals surface area contributed by atoms with Crippen LogP contribution in [-0.4, -0.2) is 18.9 Å². The first-order chi connectivity index (χ1) is 16.8. The first kappa shape index (κ1) is 24.0. The van der Waals surface area contributed by atoms with Crippen LogP contribution in [0.3, 0.4) is 0 Å². The lowest BCUT2D eigenvalue weighted by molar-refractivity contribution is 0.0950. The Morgan fingerprint density at radius 3 is 2.34 bits per heavy atom. The van der Waals surface area contributed by atoms with Gasteiger partial charge in [0.15, 0.2) is 0 Å². The van der Waals surface area contributed by atoms with E-state index in [-0.39, 0.29) is 28.5 Å². The topological polar surface area (TPSA) is 97.3 Å². The summed E-state index contributed by atoms with van der Waals surface area (Å²) in [5.41, 5.74) is 3.42. The van der Waals surface area contributed by atoms with Gasteiger partial charge < -0.3 is 9.88 Å². The molecular weight excluding hydrogens is 462 g/mol. The maximum atomic E-state index is 12.8. The number of aryl methyl sites for hydroxylation is 1. The van der Waals surface area contributed by atoms with Crippen molar-refractivity contribution in [1.82, 2.24) is 9.88 Å². The summed E-state index contributed by atoms with van der Waals surface area (Å²) in [5, 5.41) is 2.82. The summed E-state index contributed by atoms with van der Waals surface area (Å²) in [6.07, 6.45) is 1.74. The number of nitrogens with zero attached hydrogens (tertiary/aromatic N) is 1. The van der Waals surface area contributed by atoms with Crippen LogP contribution in [0, 0.1) is 6.92 Å². The van der Waals surface area contributed by atoms with Crippen LogP contribution in [0.2, 0.25) is 0 Å². The van der Waals surface area contributed by atoms with Gasteiger partial charge in [0.25, 0.3) is 21.5 Å².